The van der Waals surface area contributed by atoms with E-state index in [2.05, 4.69) is 67.6 Å². The molecule has 2 aliphatic heterocycles. The standard InChI is InChI=1S/C14H30S2.C11H19NO3S.C7H16S.C4H3NO3.CH5N.2H2/c1-3-5-7-9-11-13-15-16-14-12-10-8-6-4-2;1-2-3-4-5-6-7-16-9-8-10(13)12(15)11(9)14;1-2-3-4-5-6-7-8;6-3-1-2-4(7)5(3)8;1-2;;/h3-14H2,1-2H3;9,15H,2-8H2,1H3;8H,2-7H2,1H3;1-2,8H;2H2,1H3;2*1H/i;;;;;1+2D;1+2. The molecule has 1 saturated heterocycles. The van der Waals surface area contributed by atoms with Crippen molar-refractivity contribution in [1.29, 1.82) is 0 Å². The maximum absolute atomic E-state index is 11.3. The van der Waals surface area contributed by atoms with Crippen molar-refractivity contribution in [2.24, 2.45) is 5.73 Å². The summed E-state index contributed by atoms with van der Waals surface area (Å²) in [5, 5.41) is 17.3. The molecular formula is C37H77N3O6S4. The molecule has 4 amide bonds. The highest BCUT2D eigenvalue weighted by atomic mass is 33.1. The first kappa shape index (κ1) is 51.4. The van der Waals surface area contributed by atoms with E-state index in [1.54, 1.807) is 0 Å². The molecule has 0 radical (unpaired) electrons. The number of hydroxylamine groups is 4. The van der Waals surface area contributed by atoms with Crippen molar-refractivity contribution >= 4 is 69.6 Å². The number of hydrogen-bond donors (Lipinski definition) is 4. The van der Waals surface area contributed by atoms with Gasteiger partial charge in [0.05, 0.1) is 11.7 Å². The fraction of sp³-hybridized carbons (Fsp3) is 0.838. The highest BCUT2D eigenvalue weighted by molar-refractivity contribution is 8.76. The van der Waals surface area contributed by atoms with Gasteiger partial charge in [-0.25, -0.2) is 0 Å². The number of carbonyl (C=O) groups excluding carboxylic acids is 4. The van der Waals surface area contributed by atoms with Crippen molar-refractivity contribution in [2.45, 2.75) is 168 Å². The Hall–Kier alpha value is -0.700. The maximum atomic E-state index is 11.3. The van der Waals surface area contributed by atoms with E-state index >= 15 is 0 Å². The molecule has 2 rings (SSSR count). The molecule has 2 heterocycles. The lowest BCUT2D eigenvalue weighted by atomic mass is 10.2. The summed E-state index contributed by atoms with van der Waals surface area (Å²) in [5.74, 6) is 2.37. The quantitative estimate of drug-likeness (QED) is 0.0232. The van der Waals surface area contributed by atoms with Gasteiger partial charge >= 0.3 is 0 Å². The molecule has 4 N–H and O–H groups in total. The van der Waals surface area contributed by atoms with Gasteiger partial charge in [-0.05, 0) is 44.2 Å². The van der Waals surface area contributed by atoms with E-state index in [1.807, 2.05) is 0 Å². The Kier molecular flexibility index (Phi) is 43.9. The van der Waals surface area contributed by atoms with Gasteiger partial charge < -0.3 is 5.73 Å². The van der Waals surface area contributed by atoms with Gasteiger partial charge in [0.15, 0.2) is 0 Å². The minimum atomic E-state index is -0.685. The third-order valence-electron chi connectivity index (χ3n) is 7.44. The molecule has 1 atom stereocenters. The van der Waals surface area contributed by atoms with Gasteiger partial charge in [0.2, 0.25) is 0 Å². The van der Waals surface area contributed by atoms with Crippen molar-refractivity contribution in [1.82, 2.24) is 10.1 Å². The molecule has 1 unspecified atom stereocenters. The second-order valence-electron chi connectivity index (χ2n) is 12.0. The Morgan fingerprint density at radius 3 is 1.32 bits per heavy atom. The van der Waals surface area contributed by atoms with Crippen LogP contribution in [0, 0.1) is 0 Å². The van der Waals surface area contributed by atoms with Crippen LogP contribution in [0.1, 0.15) is 167 Å². The molecular weight excluding hydrogens is 711 g/mol. The first-order valence-corrected chi connectivity index (χ1v) is 23.2. The van der Waals surface area contributed by atoms with Crippen molar-refractivity contribution in [3.05, 3.63) is 12.2 Å². The van der Waals surface area contributed by atoms with E-state index in [9.17, 15) is 19.2 Å². The highest BCUT2D eigenvalue weighted by Crippen LogP contribution is 2.25. The van der Waals surface area contributed by atoms with Crippen molar-refractivity contribution < 1.29 is 34.0 Å². The molecule has 13 heteroatoms. The Balaban J connectivity index is -0.000000194. The SMILES string of the molecule is CCCCCCCS.CCCCCCCSC1CC(=O)N(O)C1=O.CCCCCCCSSCCCCCCC.CN.O=C1C=CC(=O)N1O.[2H][3H].[3HH]. The molecule has 9 nitrogen and oxygen atoms in total. The van der Waals surface area contributed by atoms with E-state index in [4.69, 9.17) is 13.4 Å². The third-order valence-corrected chi connectivity index (χ3v) is 11.6. The van der Waals surface area contributed by atoms with Crippen LogP contribution in [-0.4, -0.2) is 79.5 Å². The van der Waals surface area contributed by atoms with Crippen molar-refractivity contribution in [3.8, 4) is 0 Å². The van der Waals surface area contributed by atoms with Crippen LogP contribution in [-0.2, 0) is 19.2 Å². The Morgan fingerprint density at radius 1 is 0.660 bits per heavy atom. The summed E-state index contributed by atoms with van der Waals surface area (Å²) >= 11 is 5.61. The molecule has 0 aromatic heterocycles. The highest BCUT2D eigenvalue weighted by Gasteiger charge is 2.38. The van der Waals surface area contributed by atoms with Crippen LogP contribution in [0.4, 0.5) is 0 Å². The summed E-state index contributed by atoms with van der Waals surface area (Å²) in [4.78, 5) is 42.6. The number of carbonyl (C=O) groups is 4. The third kappa shape index (κ3) is 34.4. The number of thiol groups is 1. The van der Waals surface area contributed by atoms with Gasteiger partial charge in [0.1, 0.15) is 0 Å². The van der Waals surface area contributed by atoms with E-state index in [1.165, 1.54) is 152 Å². The second-order valence-corrected chi connectivity index (χ2v) is 16.4. The topological polar surface area (TPSA) is 141 Å². The summed E-state index contributed by atoms with van der Waals surface area (Å²) in [6.07, 6.45) is 29.1. The molecule has 0 aromatic rings. The molecule has 0 aliphatic carbocycles. The number of rotatable bonds is 25. The Bertz CT molecular complexity index is 818. The van der Waals surface area contributed by atoms with Crippen LogP contribution in [0.5, 0.6) is 0 Å². The minimum Gasteiger partial charge on any atom is -0.333 e. The zero-order valence-electron chi connectivity index (χ0n) is 34.1. The Morgan fingerprint density at radius 2 is 1.02 bits per heavy atom. The smallest absolute Gasteiger partial charge is 0.277 e. The predicted octanol–water partition coefficient (Wildman–Crippen LogP) is 10.8. The van der Waals surface area contributed by atoms with Crippen LogP contribution in [0.3, 0.4) is 0 Å². The predicted molar refractivity (Wildman–Crippen MR) is 225 cm³/mol. The lowest BCUT2D eigenvalue weighted by molar-refractivity contribution is -0.171. The summed E-state index contributed by atoms with van der Waals surface area (Å²) < 4.78 is 10.0. The number of unbranched alkanes of at least 4 members (excludes halogenated alkanes) is 16. The van der Waals surface area contributed by atoms with Gasteiger partial charge in [-0.2, -0.15) is 17.7 Å². The van der Waals surface area contributed by atoms with Gasteiger partial charge in [0, 0.05) is 28.1 Å². The zero-order chi connectivity index (χ0) is 40.3. The van der Waals surface area contributed by atoms with E-state index < -0.39 is 23.6 Å². The second kappa shape index (κ2) is 42.7. The number of hydrogen-bond acceptors (Lipinski definition) is 11. The molecule has 2 aliphatic rings. The van der Waals surface area contributed by atoms with Crippen LogP contribution in [0.15, 0.2) is 12.2 Å². The molecule has 300 valence electrons. The van der Waals surface area contributed by atoms with Gasteiger partial charge in [0.25, 0.3) is 23.6 Å². The van der Waals surface area contributed by atoms with E-state index in [0.29, 0.717) is 0 Å². The van der Waals surface area contributed by atoms with Crippen LogP contribution in [0.25, 0.3) is 0 Å². The summed E-state index contributed by atoms with van der Waals surface area (Å²) in [7, 11) is 5.68. The number of nitrogens with zero attached hydrogens (tertiary/aromatic N) is 2. The first-order chi connectivity index (χ1) is 25.2. The lowest BCUT2D eigenvalue weighted by Crippen LogP contribution is -2.27. The fourth-order valence-electron chi connectivity index (χ4n) is 4.41. The number of nitrogens with two attached hydrogens (primary N) is 1. The number of amides is 4. The van der Waals surface area contributed by atoms with Crippen molar-refractivity contribution in [3.63, 3.8) is 0 Å². The average Bonchev–Trinajstić information content (AvgIpc) is 3.60. The monoisotopic (exact) mass is 792 g/mol. The molecule has 50 heavy (non-hydrogen) atoms. The van der Waals surface area contributed by atoms with Crippen LogP contribution < -0.4 is 5.73 Å². The van der Waals surface area contributed by atoms with Gasteiger partial charge in [-0.1, -0.05) is 152 Å². The zero-order valence-corrected chi connectivity index (χ0v) is 35.4. The van der Waals surface area contributed by atoms with E-state index in [-0.39, 0.29) is 23.2 Å². The number of imide groups is 2. The minimum absolute atomic E-state index is 0. The molecule has 1 fully saturated rings. The lowest BCUT2D eigenvalue weighted by Gasteiger charge is -2.06. The van der Waals surface area contributed by atoms with Crippen LogP contribution >= 0.6 is 46.0 Å². The largest absolute Gasteiger partial charge is 0.333 e. The van der Waals surface area contributed by atoms with E-state index in [0.717, 1.165) is 30.1 Å². The number of thioether (sulfide) groups is 1. The summed E-state index contributed by atoms with van der Waals surface area (Å²) in [6.45, 7) is 8.97. The maximum Gasteiger partial charge on any atom is 0.277 e. The summed E-state index contributed by atoms with van der Waals surface area (Å²) in [5.41, 5.74) is 4.50. The Labute approximate surface area is 328 Å². The first-order valence-electron chi connectivity index (χ1n) is 20.1. The fourth-order valence-corrected chi connectivity index (χ4v) is 8.08. The van der Waals surface area contributed by atoms with Crippen molar-refractivity contribution in [2.75, 3.05) is 30.1 Å². The van der Waals surface area contributed by atoms with Gasteiger partial charge in [-0.3, -0.25) is 29.6 Å². The van der Waals surface area contributed by atoms with Gasteiger partial charge in [-0.15, -0.1) is 16.8 Å². The normalized spacial score (nSPS) is 14.9. The molecule has 0 bridgehead atoms. The van der Waals surface area contributed by atoms with Crippen LogP contribution in [0.2, 0.25) is 0 Å². The average molecular weight is 793 g/mol. The molecule has 0 aromatic carbocycles. The molecule has 0 saturated carbocycles. The summed E-state index contributed by atoms with van der Waals surface area (Å²) in [6, 6.07) is 0. The molecule has 0 spiro atoms.